The van der Waals surface area contributed by atoms with Gasteiger partial charge in [0.25, 0.3) is 0 Å². The summed E-state index contributed by atoms with van der Waals surface area (Å²) in [5, 5.41) is 3.50. The van der Waals surface area contributed by atoms with E-state index in [4.69, 9.17) is 4.74 Å². The Bertz CT molecular complexity index is 135. The Morgan fingerprint density at radius 1 is 1.29 bits per heavy atom. The molecule has 0 aromatic rings. The standard InChI is InChI=1S/C11H24N2O/c1-3-5-12-10-11(4-2)13-6-8-14-9-7-13/h11-12H,3-10H2,1-2H3. The van der Waals surface area contributed by atoms with Gasteiger partial charge in [0.15, 0.2) is 0 Å². The van der Waals surface area contributed by atoms with E-state index in [9.17, 15) is 0 Å². The summed E-state index contributed by atoms with van der Waals surface area (Å²) in [6.07, 6.45) is 2.45. The van der Waals surface area contributed by atoms with Crippen molar-refractivity contribution in [1.82, 2.24) is 10.2 Å². The number of hydrogen-bond acceptors (Lipinski definition) is 3. The molecule has 0 aliphatic carbocycles. The highest BCUT2D eigenvalue weighted by Crippen LogP contribution is 2.06. The van der Waals surface area contributed by atoms with Crippen LogP contribution in [0.25, 0.3) is 0 Å². The van der Waals surface area contributed by atoms with E-state index in [2.05, 4.69) is 24.1 Å². The van der Waals surface area contributed by atoms with Crippen molar-refractivity contribution in [1.29, 1.82) is 0 Å². The third-order valence-electron chi connectivity index (χ3n) is 2.84. The molecule has 0 aromatic heterocycles. The summed E-state index contributed by atoms with van der Waals surface area (Å²) in [7, 11) is 0. The minimum Gasteiger partial charge on any atom is -0.379 e. The summed E-state index contributed by atoms with van der Waals surface area (Å²) in [5.41, 5.74) is 0. The molecule has 1 unspecified atom stereocenters. The van der Waals surface area contributed by atoms with Crippen LogP contribution >= 0.6 is 0 Å². The Hall–Kier alpha value is -0.120. The first-order valence-corrected chi connectivity index (χ1v) is 5.91. The minimum absolute atomic E-state index is 0.699. The summed E-state index contributed by atoms with van der Waals surface area (Å²) in [4.78, 5) is 2.55. The highest BCUT2D eigenvalue weighted by molar-refractivity contribution is 4.74. The molecule has 0 bridgehead atoms. The van der Waals surface area contributed by atoms with Crippen LogP contribution in [0.4, 0.5) is 0 Å². The second-order valence-corrected chi connectivity index (χ2v) is 3.91. The molecule has 0 spiro atoms. The lowest BCUT2D eigenvalue weighted by Crippen LogP contribution is -2.47. The SMILES string of the molecule is CCCNCC(CC)N1CCOCC1. The van der Waals surface area contributed by atoms with E-state index >= 15 is 0 Å². The monoisotopic (exact) mass is 200 g/mol. The zero-order valence-corrected chi connectivity index (χ0v) is 9.59. The molecule has 3 nitrogen and oxygen atoms in total. The van der Waals surface area contributed by atoms with Crippen LogP contribution in [0.2, 0.25) is 0 Å². The van der Waals surface area contributed by atoms with Gasteiger partial charge in [0.1, 0.15) is 0 Å². The van der Waals surface area contributed by atoms with Gasteiger partial charge in [0.2, 0.25) is 0 Å². The van der Waals surface area contributed by atoms with Crippen molar-refractivity contribution in [3.8, 4) is 0 Å². The number of ether oxygens (including phenoxy) is 1. The summed E-state index contributed by atoms with van der Waals surface area (Å²) in [5.74, 6) is 0. The van der Waals surface area contributed by atoms with Gasteiger partial charge in [-0.05, 0) is 19.4 Å². The number of morpholine rings is 1. The Labute approximate surface area is 87.8 Å². The van der Waals surface area contributed by atoms with Crippen molar-refractivity contribution in [2.75, 3.05) is 39.4 Å². The summed E-state index contributed by atoms with van der Waals surface area (Å²) < 4.78 is 5.36. The number of rotatable bonds is 6. The van der Waals surface area contributed by atoms with Crippen LogP contribution in [0.1, 0.15) is 26.7 Å². The van der Waals surface area contributed by atoms with Gasteiger partial charge in [-0.2, -0.15) is 0 Å². The fourth-order valence-corrected chi connectivity index (χ4v) is 1.92. The zero-order valence-electron chi connectivity index (χ0n) is 9.59. The van der Waals surface area contributed by atoms with Crippen LogP contribution in [-0.2, 0) is 4.74 Å². The Kier molecular flexibility index (Phi) is 6.15. The smallest absolute Gasteiger partial charge is 0.0594 e. The van der Waals surface area contributed by atoms with Crippen LogP contribution in [-0.4, -0.2) is 50.3 Å². The van der Waals surface area contributed by atoms with Gasteiger partial charge in [0.05, 0.1) is 13.2 Å². The molecule has 1 atom stereocenters. The van der Waals surface area contributed by atoms with Gasteiger partial charge >= 0.3 is 0 Å². The highest BCUT2D eigenvalue weighted by atomic mass is 16.5. The molecule has 1 aliphatic heterocycles. The minimum atomic E-state index is 0.699. The molecule has 0 saturated carbocycles. The number of nitrogens with zero attached hydrogens (tertiary/aromatic N) is 1. The first-order chi connectivity index (χ1) is 6.88. The predicted molar refractivity (Wildman–Crippen MR) is 59.6 cm³/mol. The molecule has 0 radical (unpaired) electrons. The summed E-state index contributed by atoms with van der Waals surface area (Å²) in [6.45, 7) is 10.8. The maximum Gasteiger partial charge on any atom is 0.0594 e. The molecule has 84 valence electrons. The van der Waals surface area contributed by atoms with Gasteiger partial charge in [-0.1, -0.05) is 13.8 Å². The number of nitrogens with one attached hydrogen (secondary N) is 1. The molecule has 1 rings (SSSR count). The Morgan fingerprint density at radius 2 is 2.00 bits per heavy atom. The molecular weight excluding hydrogens is 176 g/mol. The van der Waals surface area contributed by atoms with Crippen LogP contribution < -0.4 is 5.32 Å². The van der Waals surface area contributed by atoms with Crippen LogP contribution in [0.15, 0.2) is 0 Å². The van der Waals surface area contributed by atoms with Crippen molar-refractivity contribution < 1.29 is 4.74 Å². The molecule has 0 aromatic carbocycles. The van der Waals surface area contributed by atoms with Gasteiger partial charge in [-0.25, -0.2) is 0 Å². The maximum atomic E-state index is 5.36. The average molecular weight is 200 g/mol. The molecule has 14 heavy (non-hydrogen) atoms. The normalized spacial score (nSPS) is 21.0. The Morgan fingerprint density at radius 3 is 2.57 bits per heavy atom. The second kappa shape index (κ2) is 7.21. The summed E-state index contributed by atoms with van der Waals surface area (Å²) >= 11 is 0. The summed E-state index contributed by atoms with van der Waals surface area (Å²) in [6, 6.07) is 0.699. The van der Waals surface area contributed by atoms with Crippen molar-refractivity contribution >= 4 is 0 Å². The second-order valence-electron chi connectivity index (χ2n) is 3.91. The largest absolute Gasteiger partial charge is 0.379 e. The zero-order chi connectivity index (χ0) is 10.2. The molecule has 1 saturated heterocycles. The molecule has 1 N–H and O–H groups in total. The van der Waals surface area contributed by atoms with Crippen molar-refractivity contribution in [2.45, 2.75) is 32.7 Å². The van der Waals surface area contributed by atoms with E-state index in [1.54, 1.807) is 0 Å². The van der Waals surface area contributed by atoms with E-state index in [1.165, 1.54) is 12.8 Å². The van der Waals surface area contributed by atoms with Crippen molar-refractivity contribution in [3.63, 3.8) is 0 Å². The molecule has 3 heteroatoms. The third-order valence-corrected chi connectivity index (χ3v) is 2.84. The van der Waals surface area contributed by atoms with Gasteiger partial charge in [0, 0.05) is 25.7 Å². The molecule has 1 heterocycles. The van der Waals surface area contributed by atoms with Crippen LogP contribution in [0.3, 0.4) is 0 Å². The fraction of sp³-hybridized carbons (Fsp3) is 1.00. The van der Waals surface area contributed by atoms with Gasteiger partial charge in [-0.3, -0.25) is 4.90 Å². The highest BCUT2D eigenvalue weighted by Gasteiger charge is 2.18. The van der Waals surface area contributed by atoms with E-state index in [-0.39, 0.29) is 0 Å². The van der Waals surface area contributed by atoms with Crippen molar-refractivity contribution in [3.05, 3.63) is 0 Å². The van der Waals surface area contributed by atoms with Gasteiger partial charge < -0.3 is 10.1 Å². The van der Waals surface area contributed by atoms with E-state index in [0.29, 0.717) is 6.04 Å². The van der Waals surface area contributed by atoms with E-state index in [1.807, 2.05) is 0 Å². The predicted octanol–water partition coefficient (Wildman–Crippen LogP) is 1.10. The van der Waals surface area contributed by atoms with E-state index < -0.39 is 0 Å². The number of hydrogen-bond donors (Lipinski definition) is 1. The third kappa shape index (κ3) is 3.95. The van der Waals surface area contributed by atoms with E-state index in [0.717, 1.165) is 39.4 Å². The lowest BCUT2D eigenvalue weighted by Gasteiger charge is -2.34. The molecular formula is C11H24N2O. The maximum absolute atomic E-state index is 5.36. The molecule has 1 fully saturated rings. The first kappa shape index (κ1) is 12.0. The Balaban J connectivity index is 2.21. The van der Waals surface area contributed by atoms with Crippen LogP contribution in [0, 0.1) is 0 Å². The van der Waals surface area contributed by atoms with Gasteiger partial charge in [-0.15, -0.1) is 0 Å². The topological polar surface area (TPSA) is 24.5 Å². The average Bonchev–Trinajstić information content (AvgIpc) is 2.26. The fourth-order valence-electron chi connectivity index (χ4n) is 1.92. The lowest BCUT2D eigenvalue weighted by atomic mass is 10.1. The van der Waals surface area contributed by atoms with Crippen LogP contribution in [0.5, 0.6) is 0 Å². The first-order valence-electron chi connectivity index (χ1n) is 5.91. The molecule has 0 amide bonds. The quantitative estimate of drug-likeness (QED) is 0.650. The van der Waals surface area contributed by atoms with Crippen molar-refractivity contribution in [2.24, 2.45) is 0 Å². The lowest BCUT2D eigenvalue weighted by molar-refractivity contribution is 0.0159. The molecule has 1 aliphatic rings.